The summed E-state index contributed by atoms with van der Waals surface area (Å²) >= 11 is 0. The average Bonchev–Trinajstić information content (AvgIpc) is 2.58. The molecule has 0 saturated heterocycles. The number of anilines is 1. The van der Waals surface area contributed by atoms with E-state index in [0.29, 0.717) is 11.3 Å². The lowest BCUT2D eigenvalue weighted by Crippen LogP contribution is -2.46. The number of benzene rings is 2. The molecular formula is C21H23N3O2. The van der Waals surface area contributed by atoms with Crippen molar-refractivity contribution in [2.24, 2.45) is 0 Å². The van der Waals surface area contributed by atoms with Crippen molar-refractivity contribution in [3.63, 3.8) is 0 Å². The lowest BCUT2D eigenvalue weighted by Gasteiger charge is -2.29. The third kappa shape index (κ3) is 3.61. The van der Waals surface area contributed by atoms with Crippen molar-refractivity contribution in [2.75, 3.05) is 5.32 Å². The maximum absolute atomic E-state index is 13.0. The van der Waals surface area contributed by atoms with Crippen molar-refractivity contribution in [3.8, 4) is 0 Å². The van der Waals surface area contributed by atoms with Crippen LogP contribution in [0.4, 0.5) is 10.5 Å². The van der Waals surface area contributed by atoms with Crippen LogP contribution in [-0.2, 0) is 4.79 Å². The van der Waals surface area contributed by atoms with E-state index in [1.54, 1.807) is 6.92 Å². The Labute approximate surface area is 153 Å². The number of amides is 3. The zero-order chi connectivity index (χ0) is 18.8. The molecule has 0 aromatic heterocycles. The Bertz CT molecular complexity index is 898. The number of carbonyl (C=O) groups excluding carboxylic acids is 2. The first-order chi connectivity index (χ1) is 12.3. The van der Waals surface area contributed by atoms with Crippen LogP contribution < -0.4 is 16.0 Å². The Morgan fingerprint density at radius 1 is 0.962 bits per heavy atom. The van der Waals surface area contributed by atoms with Gasteiger partial charge in [0.1, 0.15) is 0 Å². The third-order valence-corrected chi connectivity index (χ3v) is 4.57. The number of hydrogen-bond donors (Lipinski definition) is 3. The molecule has 3 N–H and O–H groups in total. The quantitative estimate of drug-likeness (QED) is 0.787. The van der Waals surface area contributed by atoms with E-state index in [1.165, 1.54) is 0 Å². The van der Waals surface area contributed by atoms with Crippen LogP contribution in [0.5, 0.6) is 0 Å². The van der Waals surface area contributed by atoms with E-state index in [9.17, 15) is 9.59 Å². The van der Waals surface area contributed by atoms with Gasteiger partial charge in [0, 0.05) is 11.4 Å². The second-order valence-electron chi connectivity index (χ2n) is 6.75. The number of carbonyl (C=O) groups is 2. The zero-order valence-corrected chi connectivity index (χ0v) is 15.4. The smallest absolute Gasteiger partial charge is 0.319 e. The minimum atomic E-state index is -0.491. The van der Waals surface area contributed by atoms with Crippen LogP contribution in [-0.4, -0.2) is 11.9 Å². The van der Waals surface area contributed by atoms with E-state index in [2.05, 4.69) is 16.0 Å². The molecular weight excluding hydrogens is 326 g/mol. The van der Waals surface area contributed by atoms with Crippen LogP contribution in [0.1, 0.15) is 35.2 Å². The summed E-state index contributed by atoms with van der Waals surface area (Å²) in [5, 5.41) is 8.55. The van der Waals surface area contributed by atoms with Crippen molar-refractivity contribution in [1.29, 1.82) is 0 Å². The monoisotopic (exact) mass is 349 g/mol. The second-order valence-corrected chi connectivity index (χ2v) is 6.75. The maximum Gasteiger partial charge on any atom is 0.319 e. The predicted octanol–water partition coefficient (Wildman–Crippen LogP) is 3.88. The molecule has 5 heteroatoms. The van der Waals surface area contributed by atoms with Crippen molar-refractivity contribution in [1.82, 2.24) is 10.6 Å². The first-order valence-corrected chi connectivity index (χ1v) is 8.58. The first-order valence-electron chi connectivity index (χ1n) is 8.58. The van der Waals surface area contributed by atoms with E-state index in [0.717, 1.165) is 27.9 Å². The molecule has 0 saturated carbocycles. The summed E-state index contributed by atoms with van der Waals surface area (Å²) in [4.78, 5) is 25.0. The molecule has 0 bridgehead atoms. The van der Waals surface area contributed by atoms with Crippen LogP contribution in [0.15, 0.2) is 53.7 Å². The van der Waals surface area contributed by atoms with Gasteiger partial charge in [-0.3, -0.25) is 4.79 Å². The number of hydrogen-bond acceptors (Lipinski definition) is 2. The van der Waals surface area contributed by atoms with Gasteiger partial charge < -0.3 is 16.0 Å². The predicted molar refractivity (Wildman–Crippen MR) is 103 cm³/mol. The molecule has 26 heavy (non-hydrogen) atoms. The second kappa shape index (κ2) is 7.04. The summed E-state index contributed by atoms with van der Waals surface area (Å²) in [7, 11) is 0. The van der Waals surface area contributed by atoms with Gasteiger partial charge >= 0.3 is 6.03 Å². The Balaban J connectivity index is 1.96. The van der Waals surface area contributed by atoms with Gasteiger partial charge in [-0.15, -0.1) is 0 Å². The maximum atomic E-state index is 13.0. The summed E-state index contributed by atoms with van der Waals surface area (Å²) < 4.78 is 0. The molecule has 5 nitrogen and oxygen atoms in total. The molecule has 0 spiro atoms. The van der Waals surface area contributed by atoms with E-state index in [1.807, 2.05) is 63.2 Å². The fraction of sp³-hybridized carbons (Fsp3) is 0.238. The third-order valence-electron chi connectivity index (χ3n) is 4.57. The summed E-state index contributed by atoms with van der Waals surface area (Å²) in [6, 6.07) is 12.9. The molecule has 2 aromatic carbocycles. The van der Waals surface area contributed by atoms with Crippen molar-refractivity contribution in [2.45, 2.75) is 33.7 Å². The van der Waals surface area contributed by atoms with Crippen molar-refractivity contribution in [3.05, 3.63) is 76.0 Å². The molecule has 0 fully saturated rings. The Morgan fingerprint density at radius 2 is 1.62 bits per heavy atom. The van der Waals surface area contributed by atoms with E-state index < -0.39 is 6.04 Å². The Hall–Kier alpha value is -3.08. The van der Waals surface area contributed by atoms with Crippen LogP contribution in [0, 0.1) is 20.8 Å². The highest BCUT2D eigenvalue weighted by atomic mass is 16.2. The van der Waals surface area contributed by atoms with Crippen LogP contribution >= 0.6 is 0 Å². The van der Waals surface area contributed by atoms with Gasteiger partial charge in [0.05, 0.1) is 11.6 Å². The Kier molecular flexibility index (Phi) is 4.80. The molecule has 0 radical (unpaired) electrons. The summed E-state index contributed by atoms with van der Waals surface area (Å²) in [5.74, 6) is -0.228. The van der Waals surface area contributed by atoms with Gasteiger partial charge in [0.15, 0.2) is 0 Å². The standard InChI is InChI=1S/C21H23N3O2/c1-12-6-9-16(10-7-12)19-18(15(4)22-21(26)24-19)20(25)23-17-11-13(2)5-8-14(17)3/h5-11,19H,1-4H3,(H,23,25)(H2,22,24,26). The lowest BCUT2D eigenvalue weighted by molar-refractivity contribution is -0.113. The molecule has 134 valence electrons. The van der Waals surface area contributed by atoms with Gasteiger partial charge in [0.25, 0.3) is 5.91 Å². The van der Waals surface area contributed by atoms with Crippen LogP contribution in [0.25, 0.3) is 0 Å². The summed E-state index contributed by atoms with van der Waals surface area (Å²) in [5.41, 5.74) is 5.89. The number of rotatable bonds is 3. The molecule has 1 aliphatic rings. The minimum Gasteiger partial charge on any atom is -0.327 e. The van der Waals surface area contributed by atoms with Gasteiger partial charge in [-0.2, -0.15) is 0 Å². The van der Waals surface area contributed by atoms with E-state index in [4.69, 9.17) is 0 Å². The van der Waals surface area contributed by atoms with Crippen LogP contribution in [0.3, 0.4) is 0 Å². The van der Waals surface area contributed by atoms with Crippen molar-refractivity contribution >= 4 is 17.6 Å². The fourth-order valence-electron chi connectivity index (χ4n) is 3.06. The molecule has 1 heterocycles. The minimum absolute atomic E-state index is 0.228. The highest BCUT2D eigenvalue weighted by Crippen LogP contribution is 2.28. The largest absolute Gasteiger partial charge is 0.327 e. The number of urea groups is 1. The summed E-state index contributed by atoms with van der Waals surface area (Å²) in [6.45, 7) is 7.68. The topological polar surface area (TPSA) is 70.2 Å². The molecule has 0 aliphatic carbocycles. The molecule has 3 amide bonds. The van der Waals surface area contributed by atoms with Gasteiger partial charge in [-0.05, 0) is 50.5 Å². The number of allylic oxidation sites excluding steroid dienone is 1. The van der Waals surface area contributed by atoms with Crippen molar-refractivity contribution < 1.29 is 9.59 Å². The molecule has 1 unspecified atom stereocenters. The van der Waals surface area contributed by atoms with Gasteiger partial charge in [0.2, 0.25) is 0 Å². The molecule has 2 aromatic rings. The van der Waals surface area contributed by atoms with Gasteiger partial charge in [-0.25, -0.2) is 4.79 Å². The van der Waals surface area contributed by atoms with Gasteiger partial charge in [-0.1, -0.05) is 42.0 Å². The zero-order valence-electron chi connectivity index (χ0n) is 15.4. The highest BCUT2D eigenvalue weighted by Gasteiger charge is 2.31. The van der Waals surface area contributed by atoms with E-state index in [-0.39, 0.29) is 11.9 Å². The first kappa shape index (κ1) is 17.7. The molecule has 1 aliphatic heterocycles. The SMILES string of the molecule is CC1=C(C(=O)Nc2cc(C)ccc2C)C(c2ccc(C)cc2)NC(=O)N1. The van der Waals surface area contributed by atoms with Crippen LogP contribution in [0.2, 0.25) is 0 Å². The number of nitrogens with one attached hydrogen (secondary N) is 3. The molecule has 3 rings (SSSR count). The normalized spacial score (nSPS) is 16.8. The average molecular weight is 349 g/mol. The fourth-order valence-corrected chi connectivity index (χ4v) is 3.06. The highest BCUT2D eigenvalue weighted by molar-refractivity contribution is 6.07. The number of aryl methyl sites for hydroxylation is 3. The summed E-state index contributed by atoms with van der Waals surface area (Å²) in [6.07, 6.45) is 0. The Morgan fingerprint density at radius 3 is 2.31 bits per heavy atom. The molecule has 1 atom stereocenters. The lowest BCUT2D eigenvalue weighted by atomic mass is 9.94. The van der Waals surface area contributed by atoms with E-state index >= 15 is 0 Å².